The molecule has 1 rings (SSSR count). The van der Waals surface area contributed by atoms with Crippen molar-refractivity contribution in [3.05, 3.63) is 0 Å². The van der Waals surface area contributed by atoms with Crippen LogP contribution in [0.15, 0.2) is 0 Å². The smallest absolute Gasteiger partial charge is 0.155 e. The first-order chi connectivity index (χ1) is 8.67. The SMILES string of the molecule is CCCC1CCC(=O)C(CCS(=O)(=O)C(C)(C)C)C1. The quantitative estimate of drug-likeness (QED) is 0.779. The van der Waals surface area contributed by atoms with E-state index in [-0.39, 0.29) is 17.5 Å². The maximum absolute atomic E-state index is 12.1. The maximum atomic E-state index is 12.1. The predicted molar refractivity (Wildman–Crippen MR) is 78.9 cm³/mol. The molecule has 2 unspecified atom stereocenters. The summed E-state index contributed by atoms with van der Waals surface area (Å²) in [4.78, 5) is 11.9. The summed E-state index contributed by atoms with van der Waals surface area (Å²) in [6, 6.07) is 0. The Morgan fingerprint density at radius 3 is 2.37 bits per heavy atom. The van der Waals surface area contributed by atoms with Crippen LogP contribution in [0.1, 0.15) is 66.2 Å². The summed E-state index contributed by atoms with van der Waals surface area (Å²) in [5, 5.41) is 0. The summed E-state index contributed by atoms with van der Waals surface area (Å²) < 4.78 is 23.5. The first-order valence-electron chi connectivity index (χ1n) is 7.42. The molecule has 0 aromatic rings. The van der Waals surface area contributed by atoms with Gasteiger partial charge in [0.05, 0.1) is 10.5 Å². The lowest BCUT2D eigenvalue weighted by Crippen LogP contribution is -2.33. The van der Waals surface area contributed by atoms with Crippen LogP contribution in [0.25, 0.3) is 0 Å². The van der Waals surface area contributed by atoms with Crippen molar-refractivity contribution in [3.63, 3.8) is 0 Å². The van der Waals surface area contributed by atoms with E-state index in [1.807, 2.05) is 0 Å². The van der Waals surface area contributed by atoms with Crippen molar-refractivity contribution in [1.29, 1.82) is 0 Å². The van der Waals surface area contributed by atoms with Crippen LogP contribution in [0.3, 0.4) is 0 Å². The standard InChI is InChI=1S/C15H28O3S/c1-5-6-12-7-8-14(16)13(11-12)9-10-19(17,18)15(2,3)4/h12-13H,5-11H2,1-4H3. The number of hydrogen-bond acceptors (Lipinski definition) is 3. The second kappa shape index (κ2) is 6.38. The lowest BCUT2D eigenvalue weighted by molar-refractivity contribution is -0.125. The minimum atomic E-state index is -3.10. The molecule has 0 saturated heterocycles. The molecule has 0 aromatic heterocycles. The maximum Gasteiger partial charge on any atom is 0.155 e. The molecule has 2 atom stereocenters. The molecule has 1 fully saturated rings. The number of sulfone groups is 1. The van der Waals surface area contributed by atoms with Crippen molar-refractivity contribution in [2.24, 2.45) is 11.8 Å². The first kappa shape index (κ1) is 16.7. The average Bonchev–Trinajstić information content (AvgIpc) is 2.29. The van der Waals surface area contributed by atoms with Crippen molar-refractivity contribution in [2.45, 2.75) is 71.0 Å². The minimum absolute atomic E-state index is 0.0255. The molecular weight excluding hydrogens is 260 g/mol. The molecule has 4 heteroatoms. The third kappa shape index (κ3) is 4.59. The number of hydrogen-bond donors (Lipinski definition) is 0. The van der Waals surface area contributed by atoms with Gasteiger partial charge in [0.1, 0.15) is 5.78 Å². The topological polar surface area (TPSA) is 51.2 Å². The van der Waals surface area contributed by atoms with Gasteiger partial charge in [-0.25, -0.2) is 8.42 Å². The molecule has 0 amide bonds. The van der Waals surface area contributed by atoms with Gasteiger partial charge in [-0.15, -0.1) is 0 Å². The number of Topliss-reactive ketones (excluding diaryl/α,β-unsaturated/α-hetero) is 1. The molecule has 0 aliphatic heterocycles. The Kier molecular flexibility index (Phi) is 5.60. The van der Waals surface area contributed by atoms with Crippen LogP contribution in [0.5, 0.6) is 0 Å². The normalized spacial score (nSPS) is 25.6. The van der Waals surface area contributed by atoms with Crippen LogP contribution < -0.4 is 0 Å². The van der Waals surface area contributed by atoms with Crippen molar-refractivity contribution in [1.82, 2.24) is 0 Å². The van der Waals surface area contributed by atoms with E-state index in [0.717, 1.165) is 25.7 Å². The van der Waals surface area contributed by atoms with Crippen molar-refractivity contribution >= 4 is 15.6 Å². The fourth-order valence-electron chi connectivity index (χ4n) is 2.76. The molecule has 0 bridgehead atoms. The summed E-state index contributed by atoms with van der Waals surface area (Å²) >= 11 is 0. The Hall–Kier alpha value is -0.380. The summed E-state index contributed by atoms with van der Waals surface area (Å²) in [7, 11) is -3.10. The third-order valence-electron chi connectivity index (χ3n) is 4.24. The molecular formula is C15H28O3S. The molecule has 112 valence electrons. The summed E-state index contributed by atoms with van der Waals surface area (Å²) in [5.74, 6) is 1.01. The van der Waals surface area contributed by atoms with Gasteiger partial charge in [0.15, 0.2) is 9.84 Å². The fourth-order valence-corrected chi connectivity index (χ4v) is 3.96. The van der Waals surface area contributed by atoms with Gasteiger partial charge in [-0.05, 0) is 46.0 Å². The van der Waals surface area contributed by atoms with Crippen LogP contribution >= 0.6 is 0 Å². The summed E-state index contributed by atoms with van der Waals surface area (Å²) in [6.45, 7) is 7.34. The van der Waals surface area contributed by atoms with Crippen LogP contribution in [-0.4, -0.2) is 24.7 Å². The zero-order chi connectivity index (χ0) is 14.7. The highest BCUT2D eigenvalue weighted by atomic mass is 32.2. The van der Waals surface area contributed by atoms with Gasteiger partial charge < -0.3 is 0 Å². The Labute approximate surface area is 118 Å². The lowest BCUT2D eigenvalue weighted by Gasteiger charge is -2.28. The van der Waals surface area contributed by atoms with Crippen LogP contribution in [0.4, 0.5) is 0 Å². The lowest BCUT2D eigenvalue weighted by atomic mass is 9.77. The Bertz CT molecular complexity index is 404. The molecule has 0 aromatic carbocycles. The zero-order valence-corrected chi connectivity index (χ0v) is 13.6. The van der Waals surface area contributed by atoms with E-state index in [4.69, 9.17) is 0 Å². The van der Waals surface area contributed by atoms with Gasteiger partial charge in [0.25, 0.3) is 0 Å². The molecule has 1 saturated carbocycles. The number of rotatable bonds is 5. The fraction of sp³-hybridized carbons (Fsp3) is 0.933. The molecule has 0 radical (unpaired) electrons. The van der Waals surface area contributed by atoms with E-state index in [0.29, 0.717) is 18.8 Å². The van der Waals surface area contributed by atoms with Crippen LogP contribution in [-0.2, 0) is 14.6 Å². The second-order valence-corrected chi connectivity index (χ2v) is 9.67. The Morgan fingerprint density at radius 2 is 1.84 bits per heavy atom. The van der Waals surface area contributed by atoms with Crippen molar-refractivity contribution < 1.29 is 13.2 Å². The van der Waals surface area contributed by atoms with Gasteiger partial charge in [0, 0.05) is 12.3 Å². The van der Waals surface area contributed by atoms with E-state index in [9.17, 15) is 13.2 Å². The molecule has 19 heavy (non-hydrogen) atoms. The first-order valence-corrected chi connectivity index (χ1v) is 9.07. The molecule has 3 nitrogen and oxygen atoms in total. The molecule has 1 aliphatic rings. The number of ketones is 1. The van der Waals surface area contributed by atoms with E-state index in [1.54, 1.807) is 20.8 Å². The van der Waals surface area contributed by atoms with E-state index in [2.05, 4.69) is 6.92 Å². The van der Waals surface area contributed by atoms with E-state index in [1.165, 1.54) is 0 Å². The largest absolute Gasteiger partial charge is 0.299 e. The highest BCUT2D eigenvalue weighted by Gasteiger charge is 2.33. The Morgan fingerprint density at radius 1 is 1.21 bits per heavy atom. The predicted octanol–water partition coefficient (Wildman–Crippen LogP) is 3.38. The van der Waals surface area contributed by atoms with E-state index < -0.39 is 14.6 Å². The molecule has 0 N–H and O–H groups in total. The monoisotopic (exact) mass is 288 g/mol. The highest BCUT2D eigenvalue weighted by molar-refractivity contribution is 7.92. The molecule has 1 aliphatic carbocycles. The summed E-state index contributed by atoms with van der Waals surface area (Å²) in [5.41, 5.74) is 0. The van der Waals surface area contributed by atoms with Gasteiger partial charge in [-0.2, -0.15) is 0 Å². The second-order valence-electron chi connectivity index (χ2n) is 6.81. The minimum Gasteiger partial charge on any atom is -0.299 e. The van der Waals surface area contributed by atoms with Gasteiger partial charge in [-0.1, -0.05) is 19.8 Å². The van der Waals surface area contributed by atoms with E-state index >= 15 is 0 Å². The zero-order valence-electron chi connectivity index (χ0n) is 12.7. The van der Waals surface area contributed by atoms with Crippen LogP contribution in [0.2, 0.25) is 0 Å². The molecule has 0 heterocycles. The van der Waals surface area contributed by atoms with Crippen molar-refractivity contribution in [3.8, 4) is 0 Å². The number of carbonyl (C=O) groups is 1. The summed E-state index contributed by atoms with van der Waals surface area (Å²) in [6.07, 6.45) is 5.35. The van der Waals surface area contributed by atoms with Crippen LogP contribution in [0, 0.1) is 11.8 Å². The van der Waals surface area contributed by atoms with Crippen molar-refractivity contribution in [2.75, 3.05) is 5.75 Å². The molecule has 0 spiro atoms. The third-order valence-corrected chi connectivity index (χ3v) is 6.88. The Balaban J connectivity index is 2.58. The number of carbonyl (C=O) groups excluding carboxylic acids is 1. The van der Waals surface area contributed by atoms with Gasteiger partial charge in [0.2, 0.25) is 0 Å². The van der Waals surface area contributed by atoms with Gasteiger partial charge in [-0.3, -0.25) is 4.79 Å². The average molecular weight is 288 g/mol. The highest BCUT2D eigenvalue weighted by Crippen LogP contribution is 2.32. The van der Waals surface area contributed by atoms with Gasteiger partial charge >= 0.3 is 0 Å².